The minimum atomic E-state index is -0.550. The molecule has 8 nitrogen and oxygen atoms in total. The number of likely N-dealkylation sites (tertiary alicyclic amines) is 1. The summed E-state index contributed by atoms with van der Waals surface area (Å²) in [5.74, 6) is 0.450. The number of amides is 2. The lowest BCUT2D eigenvalue weighted by molar-refractivity contribution is -0.140. The van der Waals surface area contributed by atoms with Gasteiger partial charge in [-0.25, -0.2) is 4.79 Å². The normalized spacial score (nSPS) is 17.8. The van der Waals surface area contributed by atoms with Gasteiger partial charge in [0.15, 0.2) is 0 Å². The molecule has 0 unspecified atom stereocenters. The van der Waals surface area contributed by atoms with E-state index in [0.717, 1.165) is 36.1 Å². The molecule has 5 rings (SSSR count). The first-order chi connectivity index (χ1) is 15.5. The van der Waals surface area contributed by atoms with E-state index in [-0.39, 0.29) is 24.0 Å². The number of aromatic nitrogens is 2. The first-order valence-electron chi connectivity index (χ1n) is 11.0. The third-order valence-corrected chi connectivity index (χ3v) is 6.43. The van der Waals surface area contributed by atoms with Crippen LogP contribution in [0.3, 0.4) is 0 Å². The lowest BCUT2D eigenvalue weighted by atomic mass is 10.0. The lowest BCUT2D eigenvalue weighted by Gasteiger charge is -2.34. The highest BCUT2D eigenvalue weighted by Crippen LogP contribution is 2.28. The van der Waals surface area contributed by atoms with Gasteiger partial charge >= 0.3 is 5.69 Å². The van der Waals surface area contributed by atoms with Crippen molar-refractivity contribution in [3.63, 3.8) is 0 Å². The Morgan fingerprint density at radius 2 is 1.94 bits per heavy atom. The molecule has 1 N–H and O–H groups in total. The minimum Gasteiger partial charge on any atom is -0.493 e. The van der Waals surface area contributed by atoms with Crippen LogP contribution >= 0.6 is 0 Å². The summed E-state index contributed by atoms with van der Waals surface area (Å²) in [5, 5.41) is 2.97. The van der Waals surface area contributed by atoms with Gasteiger partial charge < -0.3 is 15.0 Å². The van der Waals surface area contributed by atoms with E-state index in [1.165, 1.54) is 4.57 Å². The van der Waals surface area contributed by atoms with Crippen LogP contribution in [0.2, 0.25) is 0 Å². The van der Waals surface area contributed by atoms with Crippen molar-refractivity contribution in [1.29, 1.82) is 0 Å². The molecular weight excluding hydrogens is 408 g/mol. The van der Waals surface area contributed by atoms with E-state index in [4.69, 9.17) is 4.74 Å². The molecule has 1 atom stereocenters. The standard InChI is InChI=1S/C24H26N4O4/c1-26-18-6-2-3-7-19(18)28(24(26)31)15-22(29)27-12-5-4-8-20(27)23(30)25-17-9-10-21-16(14-17)11-13-32-21/h2-3,6-7,9-10,14,20H,4-5,8,11-13,15H2,1H3,(H,25,30)/t20-/m1/s1. The number of carbonyl (C=O) groups is 2. The number of hydrogen-bond donors (Lipinski definition) is 1. The fourth-order valence-corrected chi connectivity index (χ4v) is 4.73. The fraction of sp³-hybridized carbons (Fsp3) is 0.375. The van der Waals surface area contributed by atoms with E-state index in [2.05, 4.69) is 5.32 Å². The number of hydrogen-bond acceptors (Lipinski definition) is 4. The molecule has 1 fully saturated rings. The number of anilines is 1. The molecular formula is C24H26N4O4. The van der Waals surface area contributed by atoms with E-state index in [9.17, 15) is 14.4 Å². The first-order valence-corrected chi connectivity index (χ1v) is 11.0. The van der Waals surface area contributed by atoms with Crippen molar-refractivity contribution in [1.82, 2.24) is 14.0 Å². The summed E-state index contributed by atoms with van der Waals surface area (Å²) in [6, 6.07) is 12.5. The van der Waals surface area contributed by atoms with Crippen molar-refractivity contribution in [2.45, 2.75) is 38.3 Å². The van der Waals surface area contributed by atoms with Crippen LogP contribution in [0.25, 0.3) is 11.0 Å². The summed E-state index contributed by atoms with van der Waals surface area (Å²) in [6.45, 7) is 1.08. The first kappa shape index (κ1) is 20.4. The maximum Gasteiger partial charge on any atom is 0.329 e. The van der Waals surface area contributed by atoms with Crippen LogP contribution in [0, 0.1) is 0 Å². The van der Waals surface area contributed by atoms with E-state index in [0.29, 0.717) is 30.8 Å². The summed E-state index contributed by atoms with van der Waals surface area (Å²) in [7, 11) is 1.70. The van der Waals surface area contributed by atoms with Gasteiger partial charge in [-0.1, -0.05) is 12.1 Å². The zero-order valence-corrected chi connectivity index (χ0v) is 18.0. The molecule has 2 aliphatic heterocycles. The number of benzene rings is 2. The van der Waals surface area contributed by atoms with Crippen molar-refractivity contribution in [3.8, 4) is 5.75 Å². The molecule has 32 heavy (non-hydrogen) atoms. The fourth-order valence-electron chi connectivity index (χ4n) is 4.73. The smallest absolute Gasteiger partial charge is 0.329 e. The molecule has 2 aliphatic rings. The Kier molecular flexibility index (Phi) is 5.20. The number of rotatable bonds is 4. The maximum absolute atomic E-state index is 13.3. The van der Waals surface area contributed by atoms with Crippen LogP contribution in [-0.4, -0.2) is 45.0 Å². The predicted molar refractivity (Wildman–Crippen MR) is 121 cm³/mol. The molecule has 0 bridgehead atoms. The molecule has 2 amide bonds. The highest BCUT2D eigenvalue weighted by atomic mass is 16.5. The van der Waals surface area contributed by atoms with Crippen LogP contribution in [0.4, 0.5) is 5.69 Å². The third kappa shape index (κ3) is 3.55. The summed E-state index contributed by atoms with van der Waals surface area (Å²) < 4.78 is 8.56. The van der Waals surface area contributed by atoms with Crippen molar-refractivity contribution >= 4 is 28.5 Å². The van der Waals surface area contributed by atoms with Gasteiger partial charge in [0.1, 0.15) is 18.3 Å². The summed E-state index contributed by atoms with van der Waals surface area (Å²) >= 11 is 0. The van der Waals surface area contributed by atoms with Gasteiger partial charge in [-0.2, -0.15) is 0 Å². The van der Waals surface area contributed by atoms with Gasteiger partial charge in [-0.3, -0.25) is 18.7 Å². The average molecular weight is 434 g/mol. The second-order valence-corrected chi connectivity index (χ2v) is 8.43. The second-order valence-electron chi connectivity index (χ2n) is 8.43. The topological polar surface area (TPSA) is 85.6 Å². The van der Waals surface area contributed by atoms with E-state index in [1.54, 1.807) is 16.5 Å². The number of para-hydroxylation sites is 2. The van der Waals surface area contributed by atoms with Gasteiger partial charge in [0.25, 0.3) is 0 Å². The number of piperidine rings is 1. The molecule has 3 aromatic rings. The van der Waals surface area contributed by atoms with Gasteiger partial charge in [0.05, 0.1) is 17.6 Å². The summed E-state index contributed by atoms with van der Waals surface area (Å²) in [5.41, 5.74) is 3.04. The number of aryl methyl sites for hydroxylation is 1. The molecule has 1 saturated heterocycles. The Bertz CT molecular complexity index is 1260. The molecule has 8 heteroatoms. The highest BCUT2D eigenvalue weighted by molar-refractivity contribution is 5.97. The van der Waals surface area contributed by atoms with Crippen molar-refractivity contribution in [2.24, 2.45) is 7.05 Å². The lowest BCUT2D eigenvalue weighted by Crippen LogP contribution is -2.51. The number of nitrogens with one attached hydrogen (secondary N) is 1. The Morgan fingerprint density at radius 3 is 2.78 bits per heavy atom. The third-order valence-electron chi connectivity index (χ3n) is 6.43. The van der Waals surface area contributed by atoms with E-state index < -0.39 is 6.04 Å². The maximum atomic E-state index is 13.3. The van der Waals surface area contributed by atoms with Gasteiger partial charge in [-0.15, -0.1) is 0 Å². The van der Waals surface area contributed by atoms with Crippen molar-refractivity contribution < 1.29 is 14.3 Å². The summed E-state index contributed by atoms with van der Waals surface area (Å²) in [6.07, 6.45) is 3.16. The van der Waals surface area contributed by atoms with E-state index >= 15 is 0 Å². The number of nitrogens with zero attached hydrogens (tertiary/aromatic N) is 3. The molecule has 0 saturated carbocycles. The number of imidazole rings is 1. The molecule has 2 aromatic carbocycles. The van der Waals surface area contributed by atoms with Crippen LogP contribution < -0.4 is 15.7 Å². The SMILES string of the molecule is Cn1c(=O)n(CC(=O)N2CCCC[C@@H]2C(=O)Nc2ccc3c(c2)CCO3)c2ccccc21. The van der Waals surface area contributed by atoms with Gasteiger partial charge in [-0.05, 0) is 55.2 Å². The van der Waals surface area contributed by atoms with Crippen LogP contribution in [0.15, 0.2) is 47.3 Å². The summed E-state index contributed by atoms with van der Waals surface area (Å²) in [4.78, 5) is 40.7. The number of carbonyl (C=O) groups excluding carboxylic acids is 2. The molecule has 0 radical (unpaired) electrons. The molecule has 0 spiro atoms. The molecule has 166 valence electrons. The number of ether oxygens (including phenoxy) is 1. The van der Waals surface area contributed by atoms with Crippen LogP contribution in [-0.2, 0) is 29.6 Å². The van der Waals surface area contributed by atoms with Gasteiger partial charge in [0.2, 0.25) is 11.8 Å². The van der Waals surface area contributed by atoms with Gasteiger partial charge in [0, 0.05) is 25.7 Å². The highest BCUT2D eigenvalue weighted by Gasteiger charge is 2.33. The Balaban J connectivity index is 1.35. The average Bonchev–Trinajstić information content (AvgIpc) is 3.37. The zero-order valence-electron chi connectivity index (χ0n) is 18.0. The Hall–Kier alpha value is -3.55. The quantitative estimate of drug-likeness (QED) is 0.683. The Labute approximate surface area is 185 Å². The molecule has 3 heterocycles. The molecule has 1 aromatic heterocycles. The van der Waals surface area contributed by atoms with Crippen molar-refractivity contribution in [2.75, 3.05) is 18.5 Å². The Morgan fingerprint density at radius 1 is 1.12 bits per heavy atom. The van der Waals surface area contributed by atoms with Crippen molar-refractivity contribution in [3.05, 3.63) is 58.5 Å². The minimum absolute atomic E-state index is 0.0832. The largest absolute Gasteiger partial charge is 0.493 e. The van der Waals surface area contributed by atoms with Crippen LogP contribution in [0.1, 0.15) is 24.8 Å². The zero-order chi connectivity index (χ0) is 22.2. The second kappa shape index (κ2) is 8.18. The van der Waals surface area contributed by atoms with Crippen LogP contribution in [0.5, 0.6) is 5.75 Å². The van der Waals surface area contributed by atoms with E-state index in [1.807, 2.05) is 42.5 Å². The predicted octanol–water partition coefficient (Wildman–Crippen LogP) is 2.29. The molecule has 0 aliphatic carbocycles. The monoisotopic (exact) mass is 434 g/mol. The number of fused-ring (bicyclic) bond motifs is 2.